The molecule has 9 heteroatoms. The minimum Gasteiger partial charge on any atom is -0.474 e. The van der Waals surface area contributed by atoms with Gasteiger partial charge in [0.1, 0.15) is 18.5 Å². The normalized spacial score (nSPS) is 20.2. The highest BCUT2D eigenvalue weighted by Crippen LogP contribution is 2.48. The van der Waals surface area contributed by atoms with Crippen molar-refractivity contribution in [3.05, 3.63) is 83.7 Å². The summed E-state index contributed by atoms with van der Waals surface area (Å²) in [4.78, 5) is 29.9. The van der Waals surface area contributed by atoms with Crippen LogP contribution in [0.3, 0.4) is 0 Å². The zero-order valence-corrected chi connectivity index (χ0v) is 20.6. The number of amides is 2. The van der Waals surface area contributed by atoms with Gasteiger partial charge in [-0.25, -0.2) is 19.0 Å². The lowest BCUT2D eigenvalue weighted by Gasteiger charge is -2.27. The van der Waals surface area contributed by atoms with Crippen molar-refractivity contribution in [1.29, 1.82) is 0 Å². The molecule has 2 heterocycles. The number of hydrogen-bond donors (Lipinski definition) is 2. The smallest absolute Gasteiger partial charge is 0.408 e. The van der Waals surface area contributed by atoms with E-state index in [1.54, 1.807) is 18.2 Å². The fourth-order valence-electron chi connectivity index (χ4n) is 4.72. The van der Waals surface area contributed by atoms with E-state index in [1.165, 1.54) is 17.0 Å². The fourth-order valence-corrected chi connectivity index (χ4v) is 4.72. The first-order valence-electron chi connectivity index (χ1n) is 12.1. The lowest BCUT2D eigenvalue weighted by atomic mass is 9.93. The Morgan fingerprint density at radius 3 is 2.41 bits per heavy atom. The van der Waals surface area contributed by atoms with Crippen molar-refractivity contribution >= 4 is 12.2 Å². The Hall–Kier alpha value is -4.14. The topological polar surface area (TPSA) is 101 Å². The Morgan fingerprint density at radius 1 is 1.08 bits per heavy atom. The van der Waals surface area contributed by atoms with Gasteiger partial charge in [-0.3, -0.25) is 0 Å². The molecule has 37 heavy (non-hydrogen) atoms. The van der Waals surface area contributed by atoms with Gasteiger partial charge < -0.3 is 24.8 Å². The molecule has 5 rings (SSSR count). The fraction of sp³-hybridized carbons (Fsp3) is 0.321. The van der Waals surface area contributed by atoms with E-state index in [9.17, 15) is 19.1 Å². The Kier molecular flexibility index (Phi) is 6.45. The summed E-state index contributed by atoms with van der Waals surface area (Å²) in [7, 11) is 0. The van der Waals surface area contributed by atoms with E-state index in [-0.39, 0.29) is 30.4 Å². The second kappa shape index (κ2) is 9.72. The van der Waals surface area contributed by atoms with Gasteiger partial charge in [0.15, 0.2) is 0 Å². The molecule has 2 fully saturated rings. The lowest BCUT2D eigenvalue weighted by Crippen LogP contribution is -2.41. The van der Waals surface area contributed by atoms with Gasteiger partial charge in [-0.15, -0.1) is 0 Å². The van der Waals surface area contributed by atoms with E-state index < -0.39 is 17.7 Å². The maximum absolute atomic E-state index is 13.5. The van der Waals surface area contributed by atoms with Crippen molar-refractivity contribution in [2.24, 2.45) is 11.8 Å². The number of fused-ring (bicyclic) bond motifs is 1. The van der Waals surface area contributed by atoms with Crippen molar-refractivity contribution in [2.75, 3.05) is 13.1 Å². The Morgan fingerprint density at radius 2 is 1.76 bits per heavy atom. The third kappa shape index (κ3) is 5.50. The molecule has 0 spiro atoms. The molecule has 1 aromatic heterocycles. The van der Waals surface area contributed by atoms with Gasteiger partial charge in [-0.1, -0.05) is 30.3 Å². The van der Waals surface area contributed by atoms with Crippen molar-refractivity contribution in [2.45, 2.75) is 32.1 Å². The Balaban J connectivity index is 1.35. The Labute approximate surface area is 214 Å². The maximum Gasteiger partial charge on any atom is 0.408 e. The second-order valence-electron chi connectivity index (χ2n) is 10.00. The van der Waals surface area contributed by atoms with Crippen LogP contribution < -0.4 is 10.1 Å². The molecule has 1 saturated heterocycles. The largest absolute Gasteiger partial charge is 0.474 e. The summed E-state index contributed by atoms with van der Waals surface area (Å²) >= 11 is 0. The highest BCUT2D eigenvalue weighted by atomic mass is 19.1. The number of piperidine rings is 1. The van der Waals surface area contributed by atoms with Gasteiger partial charge in [0.05, 0.1) is 11.2 Å². The third-order valence-corrected chi connectivity index (χ3v) is 6.93. The minimum atomic E-state index is -0.920. The first-order chi connectivity index (χ1) is 17.7. The number of likely N-dealkylation sites (tertiary alicyclic amines) is 1. The van der Waals surface area contributed by atoms with E-state index in [4.69, 9.17) is 9.47 Å². The van der Waals surface area contributed by atoms with Crippen LogP contribution in [0.15, 0.2) is 66.7 Å². The lowest BCUT2D eigenvalue weighted by molar-refractivity contribution is 0.129. The van der Waals surface area contributed by atoms with Crippen LogP contribution in [0.2, 0.25) is 0 Å². The first-order valence-corrected chi connectivity index (χ1v) is 12.1. The summed E-state index contributed by atoms with van der Waals surface area (Å²) in [6.45, 7) is 4.72. The Bertz CT molecular complexity index is 1290. The molecule has 3 aromatic rings. The van der Waals surface area contributed by atoms with Crippen LogP contribution in [0.4, 0.5) is 14.0 Å². The molecule has 1 aliphatic heterocycles. The predicted octanol–water partition coefficient (Wildman–Crippen LogP) is 5.04. The van der Waals surface area contributed by atoms with Crippen LogP contribution in [0.25, 0.3) is 11.3 Å². The number of rotatable bonds is 7. The van der Waals surface area contributed by atoms with Gasteiger partial charge in [-0.2, -0.15) is 0 Å². The van der Waals surface area contributed by atoms with Gasteiger partial charge in [0.2, 0.25) is 5.88 Å². The summed E-state index contributed by atoms with van der Waals surface area (Å²) in [5.74, 6) is 0.281. The van der Waals surface area contributed by atoms with E-state index in [2.05, 4.69) is 10.3 Å². The first kappa shape index (κ1) is 24.5. The zero-order chi connectivity index (χ0) is 26.2. The molecule has 2 amide bonds. The average Bonchev–Trinajstić information content (AvgIpc) is 3.29. The number of aromatic nitrogens is 1. The van der Waals surface area contributed by atoms with Gasteiger partial charge >= 0.3 is 12.2 Å². The molecule has 1 aliphatic carbocycles. The summed E-state index contributed by atoms with van der Waals surface area (Å²) < 4.78 is 25.1. The number of halogens is 1. The van der Waals surface area contributed by atoms with Crippen LogP contribution in [0.5, 0.6) is 5.88 Å². The monoisotopic (exact) mass is 505 g/mol. The number of alkyl carbamates (subject to hydrolysis) is 1. The molecule has 1 saturated carbocycles. The number of pyridine rings is 1. The van der Waals surface area contributed by atoms with Crippen LogP contribution in [0.1, 0.15) is 25.0 Å². The minimum absolute atomic E-state index is 0.119. The molecule has 2 atom stereocenters. The number of nitrogens with one attached hydrogen (secondary N) is 1. The highest BCUT2D eigenvalue weighted by Gasteiger charge is 2.59. The molecule has 2 aliphatic rings. The zero-order valence-electron chi connectivity index (χ0n) is 20.6. The molecule has 2 N–H and O–H groups in total. The van der Waals surface area contributed by atoms with Crippen LogP contribution in [0, 0.1) is 17.7 Å². The second-order valence-corrected chi connectivity index (χ2v) is 10.00. The number of ether oxygens (including phenoxy) is 2. The number of nitrogens with zero attached hydrogens (tertiary/aromatic N) is 2. The number of benzene rings is 2. The van der Waals surface area contributed by atoms with Crippen molar-refractivity contribution < 1.29 is 28.6 Å². The van der Waals surface area contributed by atoms with Crippen molar-refractivity contribution in [1.82, 2.24) is 15.2 Å². The van der Waals surface area contributed by atoms with E-state index >= 15 is 0 Å². The van der Waals surface area contributed by atoms with Crippen LogP contribution in [-0.2, 0) is 16.9 Å². The van der Waals surface area contributed by atoms with E-state index in [0.29, 0.717) is 30.2 Å². The van der Waals surface area contributed by atoms with E-state index in [1.807, 2.05) is 50.2 Å². The molecular weight excluding hydrogens is 477 g/mol. The predicted molar refractivity (Wildman–Crippen MR) is 133 cm³/mol. The van der Waals surface area contributed by atoms with Gasteiger partial charge in [0, 0.05) is 36.6 Å². The summed E-state index contributed by atoms with van der Waals surface area (Å²) in [6, 6.07) is 19.0. The quantitative estimate of drug-likeness (QED) is 0.467. The summed E-state index contributed by atoms with van der Waals surface area (Å²) in [5, 5.41) is 12.1. The maximum atomic E-state index is 13.5. The molecule has 0 bridgehead atoms. The third-order valence-electron chi connectivity index (χ3n) is 6.93. The highest BCUT2D eigenvalue weighted by molar-refractivity contribution is 5.69. The SMILES string of the molecule is CC(C)(NC(=O)OCc1ccccc1)c1cc(OC2C3CN(C(=O)O)CC32)nc(-c2ccc(F)cc2)c1. The number of hydrogen-bond acceptors (Lipinski definition) is 5. The van der Waals surface area contributed by atoms with E-state index in [0.717, 1.165) is 11.1 Å². The average molecular weight is 506 g/mol. The molecule has 8 nitrogen and oxygen atoms in total. The van der Waals surface area contributed by atoms with Crippen molar-refractivity contribution in [3.8, 4) is 17.1 Å². The molecule has 2 unspecified atom stereocenters. The van der Waals surface area contributed by atoms with Crippen LogP contribution in [-0.4, -0.2) is 46.4 Å². The molecule has 2 aromatic carbocycles. The number of carbonyl (C=O) groups is 2. The van der Waals surface area contributed by atoms with Crippen molar-refractivity contribution in [3.63, 3.8) is 0 Å². The summed E-state index contributed by atoms with van der Waals surface area (Å²) in [6.07, 6.45) is -1.61. The van der Waals surface area contributed by atoms with Crippen LogP contribution >= 0.6 is 0 Å². The van der Waals surface area contributed by atoms with Gasteiger partial charge in [0.25, 0.3) is 0 Å². The standard InChI is InChI=1S/C28H28FN3O5/c1-28(2,31-26(33)36-16-17-6-4-3-5-7-17)19-12-23(18-8-10-20(29)11-9-18)30-24(13-19)37-25-21-14-32(27(34)35)15-22(21)25/h3-13,21-22,25H,14-16H2,1-2H3,(H,31,33)(H,34,35). The molecular formula is C28H28FN3O5. The summed E-state index contributed by atoms with van der Waals surface area (Å²) in [5.41, 5.74) is 2.03. The molecule has 192 valence electrons. The van der Waals surface area contributed by atoms with Gasteiger partial charge in [-0.05, 0) is 55.3 Å². The number of carbonyl (C=O) groups excluding carboxylic acids is 1. The molecule has 0 radical (unpaired) electrons. The number of carboxylic acid groups (broad SMARTS) is 1.